The van der Waals surface area contributed by atoms with Gasteiger partial charge in [-0.05, 0) is 123 Å². The van der Waals surface area contributed by atoms with Gasteiger partial charge in [-0.1, -0.05) is 72.8 Å². The number of imide groups is 4. The molecule has 135 heavy (non-hydrogen) atoms. The predicted octanol–water partition coefficient (Wildman–Crippen LogP) is 4.27. The summed E-state index contributed by atoms with van der Waals surface area (Å²) in [7, 11) is 0. The molecule has 9 N–H and O–H groups in total. The minimum absolute atomic E-state index is 0.0301. The van der Waals surface area contributed by atoms with Crippen molar-refractivity contribution in [2.24, 2.45) is 5.73 Å². The number of carboxylic acids is 1. The quantitative estimate of drug-likeness (QED) is 0.0150. The highest BCUT2D eigenvalue weighted by atomic mass is 16.6. The molecule has 2 unspecified atom stereocenters. The maximum absolute atomic E-state index is 13.2. The van der Waals surface area contributed by atoms with Gasteiger partial charge < -0.3 is 69.6 Å². The average Bonchev–Trinajstić information content (AvgIpc) is 1.60. The summed E-state index contributed by atoms with van der Waals surface area (Å²) < 4.78 is 43.8. The first-order chi connectivity index (χ1) is 65.6. The number of aliphatic hydroxyl groups excluding tert-OH is 2. The molecule has 38 heteroatoms. The van der Waals surface area contributed by atoms with Gasteiger partial charge in [-0.25, -0.2) is 19.9 Å². The third kappa shape index (κ3) is 31.8. The molecule has 0 saturated carbocycles. The van der Waals surface area contributed by atoms with Crippen LogP contribution in [0.5, 0.6) is 0 Å². The fraction of sp³-hybridized carbons (Fsp3) is 0.546. The number of Topliss-reactive ketones (excluding diaryl/α,β-unsaturated/α-hetero) is 3. The fourth-order valence-electron chi connectivity index (χ4n) is 17.3. The van der Waals surface area contributed by atoms with Crippen molar-refractivity contribution in [3.63, 3.8) is 0 Å². The number of ketones is 3. The number of aryl methyl sites for hydroxylation is 2. The van der Waals surface area contributed by atoms with E-state index >= 15 is 0 Å². The van der Waals surface area contributed by atoms with Crippen LogP contribution in [-0.2, 0) is 105 Å². The van der Waals surface area contributed by atoms with Crippen LogP contribution in [0.25, 0.3) is 0 Å². The number of rotatable bonds is 56. The number of hydrogen-bond acceptors (Lipinski definition) is 33. The molecule has 14 rings (SSSR count). The Hall–Kier alpha value is -10.9. The number of carbonyl (C=O) groups excluding carboxylic acids is 11. The number of carboxylic acid groups (broad SMARTS) is 1. The number of nitrogens with two attached hydrogens (primary N) is 1. The van der Waals surface area contributed by atoms with E-state index in [0.717, 1.165) is 100 Å². The van der Waals surface area contributed by atoms with Crippen LogP contribution in [0.2, 0.25) is 0 Å². The lowest BCUT2D eigenvalue weighted by molar-refractivity contribution is -0.139. The summed E-state index contributed by atoms with van der Waals surface area (Å²) in [6.45, 7) is 16.5. The number of anilines is 2. The zero-order valence-corrected chi connectivity index (χ0v) is 76.6. The highest BCUT2D eigenvalue weighted by molar-refractivity contribution is 6.25. The molecule has 4 fully saturated rings. The standard InChI is InChI=1S/C49H63N7O11.C25H32N2O10.C23H32N6O2/c57-38(10-4-18-54-30-37(31-54)52-44-28-41(50-33-51-44)43(59)14-12-39(58)32-55-19-16-34-6-1-2-7-36(34)29-55)17-21-65-23-25-67-27-26-66-24-22-64-20-5-9-35-8-3-11-40-46(35)49(63)56(48(40)62)42-13-15-45(60)53-47(42)61;28-20-7-6-19(23(31)26-20)27-24(32)18-5-1-3-17(22(18)25(27)33)4-2-9-34-11-13-36-15-16-37-14-12-35-10-8-21(29)30;24-8-10-29-13-19(14-29)27-23-11-21(25-16-26-23)22(31)6-5-20(30)15-28-9-7-17-3-1-2-4-18(17)12-28/h1-3,6-8,11,28,33,37,39,42,58H,4-5,9-10,12-27,29-32H2,(H,50,51,52)(H,53,60,61);1,3,5,19H,2,4,6-16H2,(H,29,30)(H,26,28,31);1-4,11,16,19-20,30H,5-10,12-15,24H2,(H,25,26,27)/t39-,42?;;20-/m0.0/s1. The number of amides is 8. The Balaban J connectivity index is 0.000000202. The maximum atomic E-state index is 13.2. The molecule has 728 valence electrons. The van der Waals surface area contributed by atoms with Gasteiger partial charge in [0.25, 0.3) is 23.6 Å². The van der Waals surface area contributed by atoms with Crippen LogP contribution < -0.4 is 27.0 Å². The largest absolute Gasteiger partial charge is 0.481 e. The van der Waals surface area contributed by atoms with Crippen LogP contribution >= 0.6 is 0 Å². The minimum Gasteiger partial charge on any atom is -0.481 e. The second-order valence-electron chi connectivity index (χ2n) is 34.5. The van der Waals surface area contributed by atoms with Crippen LogP contribution in [0.4, 0.5) is 11.6 Å². The molecule has 6 aromatic rings. The summed E-state index contributed by atoms with van der Waals surface area (Å²) in [4.78, 5) is 176. The molecule has 8 amide bonds. The Morgan fingerprint density at radius 1 is 0.430 bits per heavy atom. The van der Waals surface area contributed by atoms with Crippen LogP contribution in [0.15, 0.2) is 110 Å². The maximum Gasteiger partial charge on any atom is 0.305 e. The highest BCUT2D eigenvalue weighted by Gasteiger charge is 2.47. The summed E-state index contributed by atoms with van der Waals surface area (Å²) in [5, 5.41) is 40.8. The van der Waals surface area contributed by atoms with E-state index in [-0.39, 0.29) is 86.1 Å². The number of aliphatic hydroxyl groups is 2. The number of aliphatic carboxylic acids is 1. The highest BCUT2D eigenvalue weighted by Crippen LogP contribution is 2.34. The van der Waals surface area contributed by atoms with Crippen LogP contribution in [-0.4, -0.2) is 349 Å². The summed E-state index contributed by atoms with van der Waals surface area (Å²) >= 11 is 0. The van der Waals surface area contributed by atoms with Gasteiger partial charge in [0.2, 0.25) is 23.6 Å². The van der Waals surface area contributed by atoms with Gasteiger partial charge in [-0.3, -0.25) is 97.6 Å². The zero-order valence-electron chi connectivity index (χ0n) is 76.6. The van der Waals surface area contributed by atoms with Crippen molar-refractivity contribution in [3.8, 4) is 0 Å². The van der Waals surface area contributed by atoms with Gasteiger partial charge in [-0.15, -0.1) is 0 Å². The van der Waals surface area contributed by atoms with E-state index in [2.05, 4.69) is 103 Å². The topological polar surface area (TPSA) is 485 Å². The number of fused-ring (bicyclic) bond motifs is 4. The second-order valence-corrected chi connectivity index (χ2v) is 34.5. The van der Waals surface area contributed by atoms with Crippen molar-refractivity contribution in [1.29, 1.82) is 0 Å². The molecule has 0 bridgehead atoms. The first kappa shape index (κ1) is 103. The SMILES string of the molecule is NCCN1CC(Nc2cc(C(=O)CC[C@H](O)CN3CCc4ccccc4C3)ncn2)C1.O=C(CCCN1CC(Nc2cc(C(=O)CC[C@H](O)CN3CCc4ccccc4C3)ncn2)C1)CCOCCOCCOCCOCCCc1cccc2c1C(=O)N(C1CCC(=O)NC1=O)C2=O.O=C(O)CCOCCOCCOCCOCCCc1cccc2c1C(=O)N(C1CCC(=O)NC1=O)C2=O. The lowest BCUT2D eigenvalue weighted by Crippen LogP contribution is -2.55. The molecule has 8 aliphatic heterocycles. The van der Waals surface area contributed by atoms with Gasteiger partial charge in [0.1, 0.15) is 53.5 Å². The van der Waals surface area contributed by atoms with Crippen molar-refractivity contribution in [2.45, 2.75) is 165 Å². The van der Waals surface area contributed by atoms with E-state index < -0.39 is 77.5 Å². The van der Waals surface area contributed by atoms with Crippen LogP contribution in [0.1, 0.15) is 186 Å². The molecular formula is C97H127N15O23. The third-order valence-electron chi connectivity index (χ3n) is 24.5. The average molecular weight is 1870 g/mol. The summed E-state index contributed by atoms with van der Waals surface area (Å²) in [5.41, 5.74) is 14.3. The van der Waals surface area contributed by atoms with Gasteiger partial charge in [0, 0.05) is 142 Å². The summed E-state index contributed by atoms with van der Waals surface area (Å²) in [6.07, 6.45) is 9.26. The third-order valence-corrected chi connectivity index (χ3v) is 24.5. The number of benzene rings is 4. The zero-order chi connectivity index (χ0) is 95.2. The fourth-order valence-corrected chi connectivity index (χ4v) is 17.3. The Morgan fingerprint density at radius 2 is 0.822 bits per heavy atom. The van der Waals surface area contributed by atoms with Crippen molar-refractivity contribution in [2.75, 3.05) is 188 Å². The van der Waals surface area contributed by atoms with E-state index in [4.69, 9.17) is 48.7 Å². The molecule has 38 nitrogen and oxygen atoms in total. The number of nitrogens with one attached hydrogen (secondary N) is 4. The Morgan fingerprint density at radius 3 is 1.23 bits per heavy atom. The molecule has 0 aliphatic carbocycles. The van der Waals surface area contributed by atoms with Crippen molar-refractivity contribution in [3.05, 3.63) is 177 Å². The number of hydrogen-bond donors (Lipinski definition) is 8. The number of carbonyl (C=O) groups is 12. The van der Waals surface area contributed by atoms with Crippen molar-refractivity contribution < 1.29 is 111 Å². The number of nitrogens with zero attached hydrogens (tertiary/aromatic N) is 10. The molecule has 10 heterocycles. The van der Waals surface area contributed by atoms with E-state index in [1.165, 1.54) is 34.9 Å². The molecule has 8 aliphatic rings. The minimum atomic E-state index is -0.995. The first-order valence-corrected chi connectivity index (χ1v) is 47.0. The molecule has 4 atom stereocenters. The molecular weight excluding hydrogens is 1740 g/mol. The normalized spacial score (nSPS) is 17.9. The van der Waals surface area contributed by atoms with Crippen molar-refractivity contribution in [1.82, 2.24) is 60.0 Å². The number of aromatic nitrogens is 4. The van der Waals surface area contributed by atoms with Gasteiger partial charge >= 0.3 is 5.97 Å². The molecule has 4 saturated heterocycles. The monoisotopic (exact) mass is 1870 g/mol. The van der Waals surface area contributed by atoms with Gasteiger partial charge in [0.15, 0.2) is 11.6 Å². The molecule has 0 spiro atoms. The Kier molecular flexibility index (Phi) is 41.3. The molecule has 2 aromatic heterocycles. The van der Waals surface area contributed by atoms with E-state index in [0.29, 0.717) is 216 Å². The molecule has 0 radical (unpaired) electrons. The number of likely N-dealkylation sites (tertiary alicyclic amines) is 2. The van der Waals surface area contributed by atoms with E-state index in [1.54, 1.807) is 48.5 Å². The van der Waals surface area contributed by atoms with E-state index in [1.807, 2.05) is 6.07 Å². The summed E-state index contributed by atoms with van der Waals surface area (Å²) in [5.74, 6) is -3.75. The Labute approximate surface area is 785 Å². The van der Waals surface area contributed by atoms with Crippen LogP contribution in [0, 0.1) is 0 Å². The van der Waals surface area contributed by atoms with Crippen LogP contribution in [0.3, 0.4) is 0 Å². The smallest absolute Gasteiger partial charge is 0.305 e. The predicted molar refractivity (Wildman–Crippen MR) is 491 cm³/mol. The van der Waals surface area contributed by atoms with Gasteiger partial charge in [-0.2, -0.15) is 0 Å². The van der Waals surface area contributed by atoms with Crippen molar-refractivity contribution >= 4 is 82.2 Å². The van der Waals surface area contributed by atoms with E-state index in [9.17, 15) is 67.7 Å². The number of ether oxygens (including phenoxy) is 8. The molecule has 4 aromatic carbocycles. The summed E-state index contributed by atoms with van der Waals surface area (Å²) in [6, 6.07) is 29.0. The first-order valence-electron chi connectivity index (χ1n) is 47.0. The lowest BCUT2D eigenvalue weighted by Gasteiger charge is -2.39. The Bertz CT molecular complexity index is 5000. The second kappa shape index (κ2) is 54.1. The number of piperidine rings is 2. The number of β-amino-alcohol motifs (C(OH)–C–C–N with tert-alkyl or cyclic N) is 2. The lowest BCUT2D eigenvalue weighted by atomic mass is 9.99. The van der Waals surface area contributed by atoms with Gasteiger partial charge in [0.05, 0.1) is 145 Å².